The Hall–Kier alpha value is -1.22. The molecule has 2 rings (SSSR count). The molecule has 1 aliphatic rings. The Morgan fingerprint density at radius 1 is 1.46 bits per heavy atom. The van der Waals surface area contributed by atoms with Crippen LogP contribution in [0.4, 0.5) is 5.69 Å². The molecule has 3 heteroatoms. The maximum Gasteiger partial charge on any atom is 0.124 e. The van der Waals surface area contributed by atoms with Gasteiger partial charge in [-0.3, -0.25) is 0 Å². The fourth-order valence-electron chi connectivity index (χ4n) is 1.49. The van der Waals surface area contributed by atoms with Crippen molar-refractivity contribution in [1.82, 2.24) is 0 Å². The van der Waals surface area contributed by atoms with Gasteiger partial charge in [0, 0.05) is 31.3 Å². The second-order valence-electron chi connectivity index (χ2n) is 3.14. The first-order valence-electron chi connectivity index (χ1n) is 4.60. The highest BCUT2D eigenvalue weighted by Gasteiger charge is 2.11. The van der Waals surface area contributed by atoms with E-state index in [9.17, 15) is 0 Å². The van der Waals surface area contributed by atoms with E-state index in [1.807, 2.05) is 6.07 Å². The fourth-order valence-corrected chi connectivity index (χ4v) is 1.49. The van der Waals surface area contributed by atoms with Gasteiger partial charge in [-0.25, -0.2) is 0 Å². The quantitative estimate of drug-likeness (QED) is 0.725. The summed E-state index contributed by atoms with van der Waals surface area (Å²) in [4.78, 5) is 0. The van der Waals surface area contributed by atoms with E-state index in [2.05, 4.69) is 17.4 Å². The lowest BCUT2D eigenvalue weighted by atomic mass is 10.1. The van der Waals surface area contributed by atoms with Crippen molar-refractivity contribution < 1.29 is 4.74 Å². The molecule has 0 radical (unpaired) electrons. The molecular weight excluding hydrogens is 164 g/mol. The predicted molar refractivity (Wildman–Crippen MR) is 53.2 cm³/mol. The van der Waals surface area contributed by atoms with Crippen LogP contribution < -0.4 is 15.8 Å². The number of hydrogen-bond acceptors (Lipinski definition) is 3. The summed E-state index contributed by atoms with van der Waals surface area (Å²) in [6.07, 6.45) is 1.03. The molecule has 1 aliphatic heterocycles. The van der Waals surface area contributed by atoms with Crippen LogP contribution in [0.25, 0.3) is 0 Å². The highest BCUT2D eigenvalue weighted by atomic mass is 16.5. The zero-order valence-electron chi connectivity index (χ0n) is 7.55. The third-order valence-electron chi connectivity index (χ3n) is 2.17. The Labute approximate surface area is 77.9 Å². The van der Waals surface area contributed by atoms with Crippen LogP contribution >= 0.6 is 0 Å². The summed E-state index contributed by atoms with van der Waals surface area (Å²) in [6.45, 7) is 2.27. The van der Waals surface area contributed by atoms with E-state index in [4.69, 9.17) is 10.5 Å². The molecule has 3 N–H and O–H groups in total. The highest BCUT2D eigenvalue weighted by Crippen LogP contribution is 2.27. The van der Waals surface area contributed by atoms with Crippen LogP contribution in [0.5, 0.6) is 5.75 Å². The van der Waals surface area contributed by atoms with E-state index in [0.717, 1.165) is 31.0 Å². The number of anilines is 1. The molecule has 1 aromatic rings. The average Bonchev–Trinajstić information content (AvgIpc) is 2.61. The number of ether oxygens (including phenoxy) is 1. The van der Waals surface area contributed by atoms with Gasteiger partial charge in [0.25, 0.3) is 0 Å². The normalized spacial score (nSPS) is 13.6. The second-order valence-corrected chi connectivity index (χ2v) is 3.14. The van der Waals surface area contributed by atoms with Gasteiger partial charge < -0.3 is 15.8 Å². The molecule has 0 spiro atoms. The number of fused-ring (bicyclic) bond motifs is 1. The van der Waals surface area contributed by atoms with E-state index >= 15 is 0 Å². The summed E-state index contributed by atoms with van der Waals surface area (Å²) in [5.74, 6) is 1.02. The Morgan fingerprint density at radius 3 is 3.23 bits per heavy atom. The van der Waals surface area contributed by atoms with E-state index in [1.54, 1.807) is 0 Å². The minimum Gasteiger partial charge on any atom is -0.493 e. The lowest BCUT2D eigenvalue weighted by molar-refractivity contribution is 0.357. The summed E-state index contributed by atoms with van der Waals surface area (Å²) in [6, 6.07) is 6.22. The predicted octanol–water partition coefficient (Wildman–Crippen LogP) is 0.992. The molecule has 0 saturated heterocycles. The summed E-state index contributed by atoms with van der Waals surface area (Å²) >= 11 is 0. The largest absolute Gasteiger partial charge is 0.493 e. The van der Waals surface area contributed by atoms with E-state index in [0.29, 0.717) is 6.54 Å². The van der Waals surface area contributed by atoms with E-state index in [-0.39, 0.29) is 0 Å². The SMILES string of the molecule is NCCNc1ccc2c(c1)OCC2. The first kappa shape index (κ1) is 8.38. The zero-order valence-corrected chi connectivity index (χ0v) is 7.55. The third-order valence-corrected chi connectivity index (χ3v) is 2.17. The molecule has 0 aromatic heterocycles. The van der Waals surface area contributed by atoms with Crippen molar-refractivity contribution in [2.45, 2.75) is 6.42 Å². The van der Waals surface area contributed by atoms with Gasteiger partial charge in [-0.05, 0) is 11.6 Å². The van der Waals surface area contributed by atoms with Crippen molar-refractivity contribution in [3.8, 4) is 5.75 Å². The maximum atomic E-state index is 5.45. The first-order chi connectivity index (χ1) is 6.40. The zero-order chi connectivity index (χ0) is 9.10. The minimum absolute atomic E-state index is 0.651. The molecule has 0 unspecified atom stereocenters. The molecule has 0 atom stereocenters. The van der Waals surface area contributed by atoms with Crippen LogP contribution in [0.1, 0.15) is 5.56 Å². The fraction of sp³-hybridized carbons (Fsp3) is 0.400. The summed E-state index contributed by atoms with van der Waals surface area (Å²) in [5.41, 5.74) is 7.79. The van der Waals surface area contributed by atoms with Crippen molar-refractivity contribution in [2.24, 2.45) is 5.73 Å². The van der Waals surface area contributed by atoms with Crippen LogP contribution in [0.2, 0.25) is 0 Å². The van der Waals surface area contributed by atoms with Gasteiger partial charge in [0.1, 0.15) is 5.75 Å². The Morgan fingerprint density at radius 2 is 2.38 bits per heavy atom. The van der Waals surface area contributed by atoms with E-state index in [1.165, 1.54) is 5.56 Å². The Balaban J connectivity index is 2.12. The van der Waals surface area contributed by atoms with Crippen LogP contribution in [0.15, 0.2) is 18.2 Å². The van der Waals surface area contributed by atoms with E-state index < -0.39 is 0 Å². The molecule has 0 fully saturated rings. The lowest BCUT2D eigenvalue weighted by Gasteiger charge is -2.06. The number of nitrogens with two attached hydrogens (primary N) is 1. The van der Waals surface area contributed by atoms with Gasteiger partial charge >= 0.3 is 0 Å². The van der Waals surface area contributed by atoms with Crippen molar-refractivity contribution in [1.29, 1.82) is 0 Å². The third kappa shape index (κ3) is 1.75. The number of hydrogen-bond donors (Lipinski definition) is 2. The molecule has 0 bridgehead atoms. The van der Waals surface area contributed by atoms with Gasteiger partial charge in [-0.2, -0.15) is 0 Å². The Bertz CT molecular complexity index is 299. The molecule has 0 amide bonds. The number of benzene rings is 1. The summed E-state index contributed by atoms with van der Waals surface area (Å²) < 4.78 is 5.45. The molecule has 3 nitrogen and oxygen atoms in total. The van der Waals surface area contributed by atoms with Gasteiger partial charge in [-0.1, -0.05) is 6.07 Å². The van der Waals surface area contributed by atoms with Crippen LogP contribution in [0.3, 0.4) is 0 Å². The second kappa shape index (κ2) is 3.66. The topological polar surface area (TPSA) is 47.3 Å². The minimum atomic E-state index is 0.651. The lowest BCUT2D eigenvalue weighted by Crippen LogP contribution is -2.12. The van der Waals surface area contributed by atoms with Crippen molar-refractivity contribution in [3.63, 3.8) is 0 Å². The molecule has 1 aromatic carbocycles. The Kier molecular flexibility index (Phi) is 2.36. The summed E-state index contributed by atoms with van der Waals surface area (Å²) in [5, 5.41) is 3.22. The molecule has 0 saturated carbocycles. The van der Waals surface area contributed by atoms with Crippen molar-refractivity contribution >= 4 is 5.69 Å². The first-order valence-corrected chi connectivity index (χ1v) is 4.60. The van der Waals surface area contributed by atoms with Crippen LogP contribution in [-0.4, -0.2) is 19.7 Å². The molecule has 13 heavy (non-hydrogen) atoms. The molecule has 0 aliphatic carbocycles. The molecule has 70 valence electrons. The van der Waals surface area contributed by atoms with Crippen molar-refractivity contribution in [3.05, 3.63) is 23.8 Å². The van der Waals surface area contributed by atoms with Crippen LogP contribution in [0, 0.1) is 0 Å². The highest BCUT2D eigenvalue weighted by molar-refractivity contribution is 5.52. The van der Waals surface area contributed by atoms with Crippen LogP contribution in [-0.2, 0) is 6.42 Å². The van der Waals surface area contributed by atoms with Crippen molar-refractivity contribution in [2.75, 3.05) is 25.0 Å². The average molecular weight is 178 g/mol. The van der Waals surface area contributed by atoms with Gasteiger partial charge in [0.15, 0.2) is 0 Å². The number of nitrogens with one attached hydrogen (secondary N) is 1. The van der Waals surface area contributed by atoms with Gasteiger partial charge in [0.2, 0.25) is 0 Å². The maximum absolute atomic E-state index is 5.45. The van der Waals surface area contributed by atoms with Gasteiger partial charge in [0.05, 0.1) is 6.61 Å². The summed E-state index contributed by atoms with van der Waals surface area (Å²) in [7, 11) is 0. The molecular formula is C10H14N2O. The monoisotopic (exact) mass is 178 g/mol. The molecule has 1 heterocycles. The smallest absolute Gasteiger partial charge is 0.124 e. The number of rotatable bonds is 3. The van der Waals surface area contributed by atoms with Gasteiger partial charge in [-0.15, -0.1) is 0 Å². The standard InChI is InChI=1S/C10H14N2O/c11-4-5-12-9-2-1-8-3-6-13-10(8)7-9/h1-2,7,12H,3-6,11H2.